The zero-order chi connectivity index (χ0) is 11.6. The number of hydrogen-bond donors (Lipinski definition) is 1. The first kappa shape index (κ1) is 11.5. The highest BCUT2D eigenvalue weighted by Gasteiger charge is 2.35. The fourth-order valence-corrected chi connectivity index (χ4v) is 1.20. The van der Waals surface area contributed by atoms with Crippen molar-refractivity contribution in [2.45, 2.75) is 18.9 Å². The molecule has 0 aliphatic heterocycles. The van der Waals surface area contributed by atoms with Crippen LogP contribution in [-0.4, -0.2) is 0 Å². The maximum atomic E-state index is 13.5. The van der Waals surface area contributed by atoms with Crippen molar-refractivity contribution in [3.63, 3.8) is 0 Å². The van der Waals surface area contributed by atoms with E-state index in [-0.39, 0.29) is 5.56 Å². The molecule has 0 aliphatic carbocycles. The Labute approximate surface area is 85.1 Å². The predicted molar refractivity (Wildman–Crippen MR) is 48.5 cm³/mol. The van der Waals surface area contributed by atoms with Gasteiger partial charge in [0.1, 0.15) is 11.9 Å². The van der Waals surface area contributed by atoms with Crippen LogP contribution >= 0.6 is 0 Å². The van der Waals surface area contributed by atoms with Crippen LogP contribution in [0.2, 0.25) is 0 Å². The molecule has 1 aromatic rings. The predicted octanol–water partition coefficient (Wildman–Crippen LogP) is 2.46. The van der Waals surface area contributed by atoms with Gasteiger partial charge in [-0.3, -0.25) is 0 Å². The second-order valence-electron chi connectivity index (χ2n) is 3.18. The molecule has 1 atom stereocenters. The first-order valence-corrected chi connectivity index (χ1v) is 4.23. The normalized spacial score (nSPS) is 13.3. The summed E-state index contributed by atoms with van der Waals surface area (Å²) in [6.07, 6.45) is 0. The first-order valence-electron chi connectivity index (χ1n) is 4.23. The lowest BCUT2D eigenvalue weighted by atomic mass is 10.0. The Hall–Kier alpha value is -1.54. The second-order valence-corrected chi connectivity index (χ2v) is 3.18. The van der Waals surface area contributed by atoms with Crippen molar-refractivity contribution in [1.82, 2.24) is 0 Å². The third kappa shape index (κ3) is 2.10. The van der Waals surface area contributed by atoms with Crippen molar-refractivity contribution in [3.8, 4) is 6.07 Å². The maximum Gasteiger partial charge on any atom is 0.360 e. The SMILES string of the molecule is C[C@H](N)c1cccc(C(F)(F)C#N)c1F. The number of alkyl halides is 2. The van der Waals surface area contributed by atoms with Crippen LogP contribution in [0.15, 0.2) is 18.2 Å². The molecule has 0 spiro atoms. The minimum absolute atomic E-state index is 0.0255. The van der Waals surface area contributed by atoms with E-state index in [1.54, 1.807) is 0 Å². The van der Waals surface area contributed by atoms with Gasteiger partial charge in [-0.15, -0.1) is 0 Å². The summed E-state index contributed by atoms with van der Waals surface area (Å²) in [5.74, 6) is -4.94. The molecule has 15 heavy (non-hydrogen) atoms. The summed E-state index contributed by atoms with van der Waals surface area (Å²) in [5.41, 5.74) is 4.44. The highest BCUT2D eigenvalue weighted by Crippen LogP contribution is 2.31. The fourth-order valence-electron chi connectivity index (χ4n) is 1.20. The molecule has 5 heteroatoms. The molecule has 1 aromatic carbocycles. The van der Waals surface area contributed by atoms with Gasteiger partial charge in [0.15, 0.2) is 0 Å². The van der Waals surface area contributed by atoms with Gasteiger partial charge in [0, 0.05) is 11.6 Å². The summed E-state index contributed by atoms with van der Waals surface area (Å²) in [5, 5.41) is 8.20. The Morgan fingerprint density at radius 2 is 2.07 bits per heavy atom. The monoisotopic (exact) mass is 214 g/mol. The molecule has 0 fully saturated rings. The van der Waals surface area contributed by atoms with Crippen LogP contribution in [-0.2, 0) is 5.92 Å². The number of hydrogen-bond acceptors (Lipinski definition) is 2. The fraction of sp³-hybridized carbons (Fsp3) is 0.300. The first-order chi connectivity index (χ1) is 6.90. The molecule has 0 radical (unpaired) electrons. The molecule has 0 saturated heterocycles. The smallest absolute Gasteiger partial charge is 0.324 e. The molecule has 2 N–H and O–H groups in total. The minimum Gasteiger partial charge on any atom is -0.324 e. The standard InChI is InChI=1S/C10H9F3N2/c1-6(15)7-3-2-4-8(9(7)11)10(12,13)5-14/h2-4,6H,15H2,1H3/t6-/m0/s1. The zero-order valence-electron chi connectivity index (χ0n) is 7.97. The van der Waals surface area contributed by atoms with Crippen LogP contribution in [0.4, 0.5) is 13.2 Å². The summed E-state index contributed by atoms with van der Waals surface area (Å²) in [6.45, 7) is 1.48. The lowest BCUT2D eigenvalue weighted by Gasteiger charge is -2.13. The number of rotatable bonds is 2. The number of nitriles is 1. The summed E-state index contributed by atoms with van der Waals surface area (Å²) < 4.78 is 39.4. The summed E-state index contributed by atoms with van der Waals surface area (Å²) in [6, 6.07) is 3.50. The van der Waals surface area contributed by atoms with Gasteiger partial charge in [-0.2, -0.15) is 14.0 Å². The summed E-state index contributed by atoms with van der Waals surface area (Å²) in [7, 11) is 0. The number of benzene rings is 1. The topological polar surface area (TPSA) is 49.8 Å². The van der Waals surface area contributed by atoms with Crippen molar-refractivity contribution < 1.29 is 13.2 Å². The highest BCUT2D eigenvalue weighted by molar-refractivity contribution is 5.33. The largest absolute Gasteiger partial charge is 0.360 e. The molecule has 0 aromatic heterocycles. The van der Waals surface area contributed by atoms with Crippen molar-refractivity contribution >= 4 is 0 Å². The number of nitrogens with zero attached hydrogens (tertiary/aromatic N) is 1. The second kappa shape index (κ2) is 3.91. The van der Waals surface area contributed by atoms with E-state index in [1.165, 1.54) is 19.1 Å². The van der Waals surface area contributed by atoms with Crippen LogP contribution in [0.1, 0.15) is 24.1 Å². The van der Waals surface area contributed by atoms with Gasteiger partial charge in [0.2, 0.25) is 0 Å². The molecule has 0 amide bonds. The van der Waals surface area contributed by atoms with Gasteiger partial charge in [0.05, 0.1) is 5.56 Å². The minimum atomic E-state index is -3.82. The van der Waals surface area contributed by atoms with Crippen LogP contribution in [0.25, 0.3) is 0 Å². The van der Waals surface area contributed by atoms with E-state index < -0.39 is 23.3 Å². The van der Waals surface area contributed by atoms with Crippen molar-refractivity contribution in [1.29, 1.82) is 5.26 Å². The molecule has 0 unspecified atom stereocenters. The van der Waals surface area contributed by atoms with E-state index in [4.69, 9.17) is 11.0 Å². The molecular formula is C10H9F3N2. The van der Waals surface area contributed by atoms with Crippen LogP contribution in [0.5, 0.6) is 0 Å². The third-order valence-electron chi connectivity index (χ3n) is 2.00. The molecule has 1 rings (SSSR count). The third-order valence-corrected chi connectivity index (χ3v) is 2.00. The van der Waals surface area contributed by atoms with Gasteiger partial charge >= 0.3 is 5.92 Å². The van der Waals surface area contributed by atoms with Crippen LogP contribution < -0.4 is 5.73 Å². The molecule has 2 nitrogen and oxygen atoms in total. The lowest BCUT2D eigenvalue weighted by molar-refractivity contribution is 0.0569. The molecule has 80 valence electrons. The van der Waals surface area contributed by atoms with Gasteiger partial charge in [-0.05, 0) is 13.0 Å². The number of nitrogens with two attached hydrogens (primary N) is 1. The van der Waals surface area contributed by atoms with Crippen molar-refractivity contribution in [3.05, 3.63) is 35.1 Å². The van der Waals surface area contributed by atoms with Crippen molar-refractivity contribution in [2.24, 2.45) is 5.73 Å². The van der Waals surface area contributed by atoms with Crippen molar-refractivity contribution in [2.75, 3.05) is 0 Å². The van der Waals surface area contributed by atoms with Gasteiger partial charge in [0.25, 0.3) is 0 Å². The molecule has 0 heterocycles. The van der Waals surface area contributed by atoms with E-state index in [0.717, 1.165) is 12.1 Å². The van der Waals surface area contributed by atoms with Gasteiger partial charge < -0.3 is 5.73 Å². The Bertz CT molecular complexity index is 408. The van der Waals surface area contributed by atoms with Crippen LogP contribution in [0.3, 0.4) is 0 Å². The van der Waals surface area contributed by atoms with Gasteiger partial charge in [-0.25, -0.2) is 4.39 Å². The Morgan fingerprint density at radius 1 is 1.47 bits per heavy atom. The maximum absolute atomic E-state index is 13.5. The van der Waals surface area contributed by atoms with Gasteiger partial charge in [-0.1, -0.05) is 12.1 Å². The van der Waals surface area contributed by atoms with E-state index >= 15 is 0 Å². The van der Waals surface area contributed by atoms with E-state index in [1.807, 2.05) is 0 Å². The molecular weight excluding hydrogens is 205 g/mol. The zero-order valence-corrected chi connectivity index (χ0v) is 7.97. The van der Waals surface area contributed by atoms with E-state index in [9.17, 15) is 13.2 Å². The molecule has 0 bridgehead atoms. The van der Waals surface area contributed by atoms with Crippen LogP contribution in [0, 0.1) is 17.1 Å². The molecule has 0 aliphatic rings. The Kier molecular flexibility index (Phi) is 3.01. The average Bonchev–Trinajstić information content (AvgIpc) is 2.17. The highest BCUT2D eigenvalue weighted by atomic mass is 19.3. The van der Waals surface area contributed by atoms with E-state index in [2.05, 4.69) is 0 Å². The summed E-state index contributed by atoms with van der Waals surface area (Å²) in [4.78, 5) is 0. The average molecular weight is 214 g/mol. The summed E-state index contributed by atoms with van der Waals surface area (Å²) >= 11 is 0. The number of halogens is 3. The molecule has 0 saturated carbocycles. The van der Waals surface area contributed by atoms with E-state index in [0.29, 0.717) is 0 Å². The lowest BCUT2D eigenvalue weighted by Crippen LogP contribution is -2.16. The quantitative estimate of drug-likeness (QED) is 0.822. The Morgan fingerprint density at radius 3 is 2.53 bits per heavy atom. The Balaban J connectivity index is 3.35.